The molecule has 2 amide bonds. The fraction of sp³-hybridized carbons (Fsp3) is 0.308. The van der Waals surface area contributed by atoms with E-state index in [0.717, 1.165) is 0 Å². The smallest absolute Gasteiger partial charge is 0.339 e. The molecule has 6 heteroatoms. The topological polar surface area (TPSA) is 84.5 Å². The van der Waals surface area contributed by atoms with E-state index in [1.807, 2.05) is 0 Å². The molecule has 0 fully saturated rings. The number of carbonyl (C=O) groups excluding carboxylic acids is 3. The van der Waals surface area contributed by atoms with Gasteiger partial charge in [-0.15, -0.1) is 0 Å². The zero-order valence-corrected chi connectivity index (χ0v) is 11.0. The van der Waals surface area contributed by atoms with Crippen LogP contribution in [0.3, 0.4) is 0 Å². The summed E-state index contributed by atoms with van der Waals surface area (Å²) >= 11 is 0. The quantitative estimate of drug-likeness (QED) is 0.628. The summed E-state index contributed by atoms with van der Waals surface area (Å²) in [6, 6.07) is 6.15. The normalized spacial score (nSPS) is 9.89. The maximum Gasteiger partial charge on any atom is 0.339 e. The van der Waals surface area contributed by atoms with Crippen molar-refractivity contribution in [2.75, 3.05) is 12.4 Å². The molecule has 0 spiro atoms. The number of para-hydroxylation sites is 1. The second-order valence-electron chi connectivity index (χ2n) is 4.12. The van der Waals surface area contributed by atoms with Gasteiger partial charge in [-0.2, -0.15) is 0 Å². The van der Waals surface area contributed by atoms with Crippen LogP contribution in [0.4, 0.5) is 5.69 Å². The minimum atomic E-state index is -0.829. The lowest BCUT2D eigenvalue weighted by Crippen LogP contribution is -2.39. The summed E-state index contributed by atoms with van der Waals surface area (Å²) in [5.41, 5.74) is 0.425. The number of hydrogen-bond donors (Lipinski definition) is 2. The number of carbonyl (C=O) groups is 3. The fourth-order valence-electron chi connectivity index (χ4n) is 1.39. The van der Waals surface area contributed by atoms with Crippen molar-refractivity contribution in [2.24, 2.45) is 0 Å². The van der Waals surface area contributed by atoms with Crippen molar-refractivity contribution in [3.8, 4) is 0 Å². The number of methoxy groups -OCH3 is 1. The molecule has 0 aliphatic rings. The summed E-state index contributed by atoms with van der Waals surface area (Å²) in [6.45, 7) is 3.49. The molecule has 1 aromatic rings. The van der Waals surface area contributed by atoms with Crippen LogP contribution in [0.15, 0.2) is 24.3 Å². The van der Waals surface area contributed by atoms with Crippen LogP contribution in [0.1, 0.15) is 24.2 Å². The predicted molar refractivity (Wildman–Crippen MR) is 69.7 cm³/mol. The molecule has 0 atom stereocenters. The molecule has 0 aromatic heterocycles. The highest BCUT2D eigenvalue weighted by Gasteiger charge is 2.18. The average Bonchev–Trinajstić information content (AvgIpc) is 2.37. The van der Waals surface area contributed by atoms with Crippen molar-refractivity contribution in [1.82, 2.24) is 5.32 Å². The van der Waals surface area contributed by atoms with Crippen LogP contribution in [0, 0.1) is 0 Å². The molecule has 0 aliphatic heterocycles. The van der Waals surface area contributed by atoms with Gasteiger partial charge in [0.25, 0.3) is 0 Å². The van der Waals surface area contributed by atoms with Gasteiger partial charge in [-0.25, -0.2) is 4.79 Å². The van der Waals surface area contributed by atoms with Crippen LogP contribution < -0.4 is 10.6 Å². The van der Waals surface area contributed by atoms with E-state index < -0.39 is 17.8 Å². The number of hydrogen-bond acceptors (Lipinski definition) is 4. The van der Waals surface area contributed by atoms with E-state index in [-0.39, 0.29) is 17.3 Å². The first-order valence-corrected chi connectivity index (χ1v) is 5.75. The first-order chi connectivity index (χ1) is 8.95. The van der Waals surface area contributed by atoms with Crippen LogP contribution in [-0.4, -0.2) is 30.9 Å². The third kappa shape index (κ3) is 4.09. The summed E-state index contributed by atoms with van der Waals surface area (Å²) in [7, 11) is 1.24. The molecule has 0 saturated heterocycles. The second-order valence-corrected chi connectivity index (χ2v) is 4.12. The summed E-state index contributed by atoms with van der Waals surface area (Å²) in [5.74, 6) is -2.17. The van der Waals surface area contributed by atoms with E-state index in [4.69, 9.17) is 0 Å². The zero-order valence-electron chi connectivity index (χ0n) is 11.0. The summed E-state index contributed by atoms with van der Waals surface area (Å²) in [5, 5.41) is 4.84. The van der Waals surface area contributed by atoms with Gasteiger partial charge in [-0.3, -0.25) is 9.59 Å². The van der Waals surface area contributed by atoms with Crippen molar-refractivity contribution in [2.45, 2.75) is 19.9 Å². The molecule has 2 N–H and O–H groups in total. The molecule has 1 rings (SSSR count). The van der Waals surface area contributed by atoms with E-state index >= 15 is 0 Å². The maximum absolute atomic E-state index is 11.6. The first-order valence-electron chi connectivity index (χ1n) is 5.75. The van der Waals surface area contributed by atoms with Crippen molar-refractivity contribution >= 4 is 23.5 Å². The molecule has 0 unspecified atom stereocenters. The number of benzene rings is 1. The Labute approximate surface area is 111 Å². The van der Waals surface area contributed by atoms with Crippen LogP contribution in [0.2, 0.25) is 0 Å². The number of esters is 1. The van der Waals surface area contributed by atoms with Crippen molar-refractivity contribution in [1.29, 1.82) is 0 Å². The molecule has 0 aliphatic carbocycles. The SMILES string of the molecule is COC(=O)c1ccccc1NC(=O)C(=O)NC(C)C. The summed E-state index contributed by atoms with van der Waals surface area (Å²) in [4.78, 5) is 34.6. The van der Waals surface area contributed by atoms with Gasteiger partial charge in [0.05, 0.1) is 18.4 Å². The number of amides is 2. The Bertz CT molecular complexity index is 497. The molecule has 0 bridgehead atoms. The van der Waals surface area contributed by atoms with Gasteiger partial charge in [-0.1, -0.05) is 12.1 Å². The van der Waals surface area contributed by atoms with Gasteiger partial charge >= 0.3 is 17.8 Å². The Hall–Kier alpha value is -2.37. The van der Waals surface area contributed by atoms with Crippen LogP contribution in [-0.2, 0) is 14.3 Å². The number of ether oxygens (including phenoxy) is 1. The van der Waals surface area contributed by atoms with Gasteiger partial charge in [-0.05, 0) is 26.0 Å². The van der Waals surface area contributed by atoms with E-state index in [1.165, 1.54) is 19.2 Å². The molecule has 19 heavy (non-hydrogen) atoms. The van der Waals surface area contributed by atoms with Gasteiger partial charge in [0, 0.05) is 6.04 Å². The van der Waals surface area contributed by atoms with Gasteiger partial charge in [0.2, 0.25) is 0 Å². The lowest BCUT2D eigenvalue weighted by molar-refractivity contribution is -0.136. The molecule has 1 aromatic carbocycles. The molecular formula is C13H16N2O4. The van der Waals surface area contributed by atoms with Crippen molar-refractivity contribution < 1.29 is 19.1 Å². The third-order valence-electron chi connectivity index (χ3n) is 2.21. The van der Waals surface area contributed by atoms with E-state index in [1.54, 1.807) is 26.0 Å². The number of rotatable bonds is 3. The lowest BCUT2D eigenvalue weighted by Gasteiger charge is -2.11. The monoisotopic (exact) mass is 264 g/mol. The zero-order chi connectivity index (χ0) is 14.4. The summed E-state index contributed by atoms with van der Waals surface area (Å²) < 4.78 is 4.59. The molecule has 0 radical (unpaired) electrons. The average molecular weight is 264 g/mol. The Balaban J connectivity index is 2.85. The minimum Gasteiger partial charge on any atom is -0.465 e. The molecule has 102 valence electrons. The van der Waals surface area contributed by atoms with Gasteiger partial charge < -0.3 is 15.4 Å². The Kier molecular flexibility index (Phi) is 5.05. The van der Waals surface area contributed by atoms with Crippen LogP contribution >= 0.6 is 0 Å². The second kappa shape index (κ2) is 6.53. The third-order valence-corrected chi connectivity index (χ3v) is 2.21. The van der Waals surface area contributed by atoms with E-state index in [9.17, 15) is 14.4 Å². The number of anilines is 1. The highest BCUT2D eigenvalue weighted by Crippen LogP contribution is 2.15. The van der Waals surface area contributed by atoms with Crippen molar-refractivity contribution in [3.05, 3.63) is 29.8 Å². The van der Waals surface area contributed by atoms with Gasteiger partial charge in [0.1, 0.15) is 0 Å². The van der Waals surface area contributed by atoms with Crippen LogP contribution in [0.25, 0.3) is 0 Å². The first kappa shape index (κ1) is 14.7. The maximum atomic E-state index is 11.6. The fourth-order valence-corrected chi connectivity index (χ4v) is 1.39. The Morgan fingerprint density at radius 2 is 1.74 bits per heavy atom. The molecular weight excluding hydrogens is 248 g/mol. The molecule has 0 heterocycles. The lowest BCUT2D eigenvalue weighted by atomic mass is 10.2. The molecule has 0 saturated carbocycles. The standard InChI is InChI=1S/C13H16N2O4/c1-8(2)14-11(16)12(17)15-10-7-5-4-6-9(10)13(18)19-3/h4-8H,1-3H3,(H,14,16)(H,15,17). The van der Waals surface area contributed by atoms with Gasteiger partial charge in [0.15, 0.2) is 0 Å². The van der Waals surface area contributed by atoms with E-state index in [0.29, 0.717) is 0 Å². The highest BCUT2D eigenvalue weighted by molar-refractivity contribution is 6.40. The molecule has 6 nitrogen and oxygen atoms in total. The predicted octanol–water partition coefficient (Wildman–Crippen LogP) is 0.936. The largest absolute Gasteiger partial charge is 0.465 e. The van der Waals surface area contributed by atoms with Crippen LogP contribution in [0.5, 0.6) is 0 Å². The summed E-state index contributed by atoms with van der Waals surface area (Å²) in [6.07, 6.45) is 0. The Morgan fingerprint density at radius 3 is 2.32 bits per heavy atom. The number of nitrogens with one attached hydrogen (secondary N) is 2. The highest BCUT2D eigenvalue weighted by atomic mass is 16.5. The van der Waals surface area contributed by atoms with Crippen molar-refractivity contribution in [3.63, 3.8) is 0 Å². The minimum absolute atomic E-state index is 0.144. The Morgan fingerprint density at radius 1 is 1.11 bits per heavy atom. The van der Waals surface area contributed by atoms with E-state index in [2.05, 4.69) is 15.4 Å².